The molecule has 0 amide bonds. The van der Waals surface area contributed by atoms with E-state index in [2.05, 4.69) is 179 Å². The predicted octanol–water partition coefficient (Wildman–Crippen LogP) is 12.1. The SMILES string of the molecule is CCc1ccc2c(c1)c1cc(-c3ccccc3-c3ccccc3-c3ccc(-c4nnc(C5=CCCC=C5)o4)cc3)ccc1n2-c1ccccc1. The van der Waals surface area contributed by atoms with Crippen LogP contribution >= 0.6 is 0 Å². The number of aromatic nitrogens is 3. The first kappa shape index (κ1) is 29.8. The normalized spacial score (nSPS) is 12.9. The van der Waals surface area contributed by atoms with Crippen molar-refractivity contribution in [2.75, 3.05) is 0 Å². The van der Waals surface area contributed by atoms with Gasteiger partial charge in [-0.1, -0.05) is 116 Å². The van der Waals surface area contributed by atoms with Crippen LogP contribution in [0.15, 0.2) is 162 Å². The van der Waals surface area contributed by atoms with E-state index in [9.17, 15) is 0 Å². The van der Waals surface area contributed by atoms with E-state index < -0.39 is 0 Å². The molecule has 4 nitrogen and oxygen atoms in total. The molecule has 0 fully saturated rings. The molecule has 0 aliphatic heterocycles. The molecule has 2 aromatic heterocycles. The van der Waals surface area contributed by atoms with E-state index in [4.69, 9.17) is 4.42 Å². The Kier molecular flexibility index (Phi) is 7.55. The second-order valence-electron chi connectivity index (χ2n) is 12.8. The largest absolute Gasteiger partial charge is 0.416 e. The molecule has 240 valence electrons. The van der Waals surface area contributed by atoms with Crippen molar-refractivity contribution in [3.8, 4) is 50.5 Å². The third kappa shape index (κ3) is 5.26. The molecule has 9 rings (SSSR count). The van der Waals surface area contributed by atoms with E-state index in [-0.39, 0.29) is 0 Å². The summed E-state index contributed by atoms with van der Waals surface area (Å²) < 4.78 is 8.45. The highest BCUT2D eigenvalue weighted by Crippen LogP contribution is 2.41. The van der Waals surface area contributed by atoms with Crippen LogP contribution in [0.25, 0.3) is 77.9 Å². The van der Waals surface area contributed by atoms with E-state index in [1.54, 1.807) is 0 Å². The molecule has 0 unspecified atom stereocenters. The van der Waals surface area contributed by atoms with Crippen molar-refractivity contribution >= 4 is 27.4 Å². The highest BCUT2D eigenvalue weighted by Gasteiger charge is 2.17. The minimum atomic E-state index is 0.528. The number of benzene rings is 6. The third-order valence-corrected chi connectivity index (χ3v) is 9.82. The zero-order valence-corrected chi connectivity index (χ0v) is 27.9. The highest BCUT2D eigenvalue weighted by molar-refractivity contribution is 6.11. The fourth-order valence-electron chi connectivity index (χ4n) is 7.27. The summed E-state index contributed by atoms with van der Waals surface area (Å²) in [6.07, 6.45) is 9.40. The first-order chi connectivity index (χ1) is 24.7. The summed E-state index contributed by atoms with van der Waals surface area (Å²) in [4.78, 5) is 0. The molecule has 0 saturated carbocycles. The van der Waals surface area contributed by atoms with Gasteiger partial charge in [0.1, 0.15) is 0 Å². The summed E-state index contributed by atoms with van der Waals surface area (Å²) in [7, 11) is 0. The van der Waals surface area contributed by atoms with Crippen LogP contribution in [0.1, 0.15) is 31.2 Å². The lowest BCUT2D eigenvalue weighted by Crippen LogP contribution is -1.93. The van der Waals surface area contributed by atoms with Crippen molar-refractivity contribution in [1.82, 2.24) is 14.8 Å². The van der Waals surface area contributed by atoms with Gasteiger partial charge in [0.2, 0.25) is 11.8 Å². The van der Waals surface area contributed by atoms with Crippen LogP contribution in [-0.2, 0) is 6.42 Å². The van der Waals surface area contributed by atoms with Gasteiger partial charge < -0.3 is 8.98 Å². The molecule has 0 spiro atoms. The van der Waals surface area contributed by atoms with E-state index in [0.29, 0.717) is 11.8 Å². The van der Waals surface area contributed by atoms with Crippen molar-refractivity contribution in [3.05, 3.63) is 169 Å². The molecule has 0 radical (unpaired) electrons. The monoisotopic (exact) mass is 645 g/mol. The average Bonchev–Trinajstić information content (AvgIpc) is 3.82. The summed E-state index contributed by atoms with van der Waals surface area (Å²) >= 11 is 0. The van der Waals surface area contributed by atoms with E-state index in [1.165, 1.54) is 60.9 Å². The standard InChI is InChI=1S/C46H35N3O/c1-2-31-21-27-43-41(29-31)42-30-35(26-28-44(42)49(43)36-15-7-4-8-16-36)38-18-10-12-20-40(38)39-19-11-9-17-37(39)32-22-24-34(25-23-32)46-48-47-45(50-46)33-13-5-3-6-14-33/h4-5,7-30H,2-3,6H2,1H3. The Morgan fingerprint density at radius 1 is 0.560 bits per heavy atom. The zero-order chi connectivity index (χ0) is 33.4. The van der Waals surface area contributed by atoms with Crippen LogP contribution in [0.2, 0.25) is 0 Å². The van der Waals surface area contributed by atoms with Crippen molar-refractivity contribution < 1.29 is 4.42 Å². The third-order valence-electron chi connectivity index (χ3n) is 9.82. The minimum Gasteiger partial charge on any atom is -0.416 e. The first-order valence-electron chi connectivity index (χ1n) is 17.4. The number of rotatable bonds is 7. The molecule has 0 bridgehead atoms. The summed E-state index contributed by atoms with van der Waals surface area (Å²) in [5.41, 5.74) is 13.9. The van der Waals surface area contributed by atoms with Crippen LogP contribution in [0.5, 0.6) is 0 Å². The number of hydrogen-bond acceptors (Lipinski definition) is 3. The molecule has 1 aliphatic carbocycles. The van der Waals surface area contributed by atoms with Gasteiger partial charge in [-0.3, -0.25) is 0 Å². The van der Waals surface area contributed by atoms with Crippen LogP contribution in [-0.4, -0.2) is 14.8 Å². The molecule has 1 aliphatic rings. The van der Waals surface area contributed by atoms with E-state index in [1.807, 2.05) is 0 Å². The molecule has 2 heterocycles. The van der Waals surface area contributed by atoms with E-state index >= 15 is 0 Å². The van der Waals surface area contributed by atoms with Crippen LogP contribution in [0.4, 0.5) is 0 Å². The number of aryl methyl sites for hydroxylation is 1. The summed E-state index contributed by atoms with van der Waals surface area (Å²) in [5.74, 6) is 1.09. The van der Waals surface area contributed by atoms with Gasteiger partial charge in [-0.05, 0) is 107 Å². The molecule has 0 atom stereocenters. The highest BCUT2D eigenvalue weighted by atomic mass is 16.4. The number of para-hydroxylation sites is 1. The Balaban J connectivity index is 1.12. The average molecular weight is 646 g/mol. The van der Waals surface area contributed by atoms with E-state index in [0.717, 1.165) is 36.0 Å². The molecule has 4 heteroatoms. The van der Waals surface area contributed by atoms with Gasteiger partial charge in [0.25, 0.3) is 0 Å². The molecular weight excluding hydrogens is 611 g/mol. The zero-order valence-electron chi connectivity index (χ0n) is 27.9. The van der Waals surface area contributed by atoms with Crippen LogP contribution in [0, 0.1) is 0 Å². The van der Waals surface area contributed by atoms with Gasteiger partial charge in [0.05, 0.1) is 11.0 Å². The van der Waals surface area contributed by atoms with Crippen molar-refractivity contribution in [1.29, 1.82) is 0 Å². The maximum atomic E-state index is 6.07. The van der Waals surface area contributed by atoms with Gasteiger partial charge in [0.15, 0.2) is 0 Å². The maximum Gasteiger partial charge on any atom is 0.248 e. The number of allylic oxidation sites excluding steroid dienone is 4. The fourth-order valence-corrected chi connectivity index (χ4v) is 7.27. The van der Waals surface area contributed by atoms with Crippen molar-refractivity contribution in [2.24, 2.45) is 0 Å². The molecule has 6 aromatic carbocycles. The Labute approximate surface area is 291 Å². The number of fused-ring (bicyclic) bond motifs is 3. The molecular formula is C46H35N3O. The predicted molar refractivity (Wildman–Crippen MR) is 206 cm³/mol. The lowest BCUT2D eigenvalue weighted by atomic mass is 9.89. The summed E-state index contributed by atoms with van der Waals surface area (Å²) in [6.45, 7) is 2.22. The Hall–Kier alpha value is -6.26. The fraction of sp³-hybridized carbons (Fsp3) is 0.0870. The first-order valence-corrected chi connectivity index (χ1v) is 17.4. The molecule has 50 heavy (non-hydrogen) atoms. The topological polar surface area (TPSA) is 43.9 Å². The Morgan fingerprint density at radius 3 is 1.86 bits per heavy atom. The van der Waals surface area contributed by atoms with Crippen LogP contribution in [0.3, 0.4) is 0 Å². The summed E-state index contributed by atoms with van der Waals surface area (Å²) in [5, 5.41) is 11.2. The number of nitrogens with zero attached hydrogens (tertiary/aromatic N) is 3. The van der Waals surface area contributed by atoms with Crippen molar-refractivity contribution in [3.63, 3.8) is 0 Å². The lowest BCUT2D eigenvalue weighted by Gasteiger charge is -2.15. The molecule has 8 aromatic rings. The second kappa shape index (κ2) is 12.6. The smallest absolute Gasteiger partial charge is 0.248 e. The molecule has 0 N–H and O–H groups in total. The van der Waals surface area contributed by atoms with Crippen molar-refractivity contribution in [2.45, 2.75) is 26.2 Å². The van der Waals surface area contributed by atoms with Gasteiger partial charge in [-0.25, -0.2) is 0 Å². The Morgan fingerprint density at radius 2 is 1.16 bits per heavy atom. The van der Waals surface area contributed by atoms with Crippen LogP contribution < -0.4 is 0 Å². The lowest BCUT2D eigenvalue weighted by molar-refractivity contribution is 0.554. The molecule has 0 saturated heterocycles. The van der Waals surface area contributed by atoms with Gasteiger partial charge >= 0.3 is 0 Å². The second-order valence-corrected chi connectivity index (χ2v) is 12.8. The Bertz CT molecular complexity index is 2570. The maximum absolute atomic E-state index is 6.07. The van der Waals surface area contributed by atoms with Gasteiger partial charge in [-0.2, -0.15) is 0 Å². The summed E-state index contributed by atoms with van der Waals surface area (Å²) in [6, 6.07) is 50.4. The minimum absolute atomic E-state index is 0.528. The van der Waals surface area contributed by atoms with Gasteiger partial charge in [-0.15, -0.1) is 10.2 Å². The number of hydrogen-bond donors (Lipinski definition) is 0. The quantitative estimate of drug-likeness (QED) is 0.173. The van der Waals surface area contributed by atoms with Gasteiger partial charge in [0, 0.05) is 27.6 Å².